The summed E-state index contributed by atoms with van der Waals surface area (Å²) in [5.74, 6) is -3.80. The van der Waals surface area contributed by atoms with Gasteiger partial charge in [-0.2, -0.15) is 0 Å². The van der Waals surface area contributed by atoms with Gasteiger partial charge in [0.1, 0.15) is 50.7 Å². The van der Waals surface area contributed by atoms with Crippen LogP contribution in [0.5, 0.6) is 0 Å². The van der Waals surface area contributed by atoms with Crippen LogP contribution in [0.4, 0.5) is 30.6 Å². The number of rotatable bonds is 27. The van der Waals surface area contributed by atoms with Crippen LogP contribution in [0.1, 0.15) is 138 Å². The van der Waals surface area contributed by atoms with E-state index < -0.39 is 72.3 Å². The number of hydrogen-bond acceptors (Lipinski definition) is 13. The second-order valence-corrected chi connectivity index (χ2v) is 27.6. The number of fused-ring (bicyclic) bond motifs is 12. The summed E-state index contributed by atoms with van der Waals surface area (Å²) in [6.45, 7) is 5.04. The maximum absolute atomic E-state index is 14.9. The lowest BCUT2D eigenvalue weighted by atomic mass is 9.98. The molecule has 0 aromatic heterocycles. The second-order valence-electron chi connectivity index (χ2n) is 27.6. The molecule has 0 unspecified atom stereocenters. The molecule has 20 heteroatoms. The minimum atomic E-state index is -1.26. The fourth-order valence-corrected chi connectivity index (χ4v) is 14.7. The van der Waals surface area contributed by atoms with Gasteiger partial charge in [0, 0.05) is 53.7 Å². The first-order chi connectivity index (χ1) is 51.0. The van der Waals surface area contributed by atoms with Gasteiger partial charge in [0.25, 0.3) is 5.91 Å². The van der Waals surface area contributed by atoms with Crippen molar-refractivity contribution < 1.29 is 62.0 Å². The largest absolute Gasteiger partial charge is 0.459 e. The Morgan fingerprint density at radius 2 is 0.629 bits per heavy atom. The molecule has 0 heterocycles. The Morgan fingerprint density at radius 3 is 0.914 bits per heavy atom. The van der Waals surface area contributed by atoms with Gasteiger partial charge >= 0.3 is 30.3 Å². The predicted molar refractivity (Wildman–Crippen MR) is 400 cm³/mol. The van der Waals surface area contributed by atoms with E-state index in [0.717, 1.165) is 89.0 Å². The van der Waals surface area contributed by atoms with Crippen molar-refractivity contribution in [3.63, 3.8) is 0 Å². The van der Waals surface area contributed by atoms with Crippen molar-refractivity contribution >= 4 is 59.4 Å². The van der Waals surface area contributed by atoms with Crippen molar-refractivity contribution in [2.24, 2.45) is 0 Å². The van der Waals surface area contributed by atoms with E-state index in [-0.39, 0.29) is 93.0 Å². The molecule has 13 rings (SSSR count). The van der Waals surface area contributed by atoms with Gasteiger partial charge < -0.3 is 60.9 Å². The van der Waals surface area contributed by atoms with Gasteiger partial charge in [0.15, 0.2) is 0 Å². The number of hydrogen-bond donors (Lipinski definition) is 7. The van der Waals surface area contributed by atoms with E-state index in [9.17, 15) is 38.4 Å². The summed E-state index contributed by atoms with van der Waals surface area (Å²) < 4.78 is 28.9. The molecule has 0 aliphatic heterocycles. The standard InChI is InChI=1S/C85H83N7O13/c1-85(2,3)105-77(93)47-88-78(94)52-44-53(89-79(95)75(91-83(99)103-50-73-67-36-16-8-28-59(67)60-29-9-17-37-68(60)73)40-20-22-42-86-81(97)101-48-71-63-32-12-4-24-55(63)56-25-5-13-33-64(56)71)46-54(45-52)90-80(96)76(92-84(100)104-51-74-69-38-18-10-30-61(69)62-31-11-19-39-70(62)74)41-21-23-43-87-82(98)102-49-72-65-34-14-6-26-57(65)58-27-7-15-35-66(58)72/h4-19,24-39,44-46,71-76H,20-23,40-43,47-51H2,1-3H3,(H,86,97)(H,87,98)(H,88,94)(H,89,95)(H,90,96)(H,91,99)(H,92,100)/t75-,76-/m0/s1. The highest BCUT2D eigenvalue weighted by atomic mass is 16.6. The summed E-state index contributed by atoms with van der Waals surface area (Å²) >= 11 is 0. The molecule has 536 valence electrons. The fraction of sp³-hybridized carbons (Fsp3) is 0.271. The molecule has 4 aliphatic rings. The highest BCUT2D eigenvalue weighted by molar-refractivity contribution is 6.04. The quantitative estimate of drug-likeness (QED) is 0.0144. The van der Waals surface area contributed by atoms with Gasteiger partial charge in [-0.05, 0) is 167 Å². The normalized spacial score (nSPS) is 13.5. The molecule has 0 saturated carbocycles. The highest BCUT2D eigenvalue weighted by Gasteiger charge is 2.35. The molecule has 0 radical (unpaired) electrons. The molecule has 105 heavy (non-hydrogen) atoms. The van der Waals surface area contributed by atoms with Crippen LogP contribution in [-0.4, -0.2) is 112 Å². The van der Waals surface area contributed by atoms with E-state index in [2.05, 4.69) is 61.5 Å². The van der Waals surface area contributed by atoms with E-state index in [0.29, 0.717) is 25.7 Å². The zero-order valence-electron chi connectivity index (χ0n) is 58.7. The molecule has 0 fully saturated rings. The van der Waals surface area contributed by atoms with Crippen LogP contribution in [0.25, 0.3) is 44.5 Å². The fourth-order valence-electron chi connectivity index (χ4n) is 14.7. The summed E-state index contributed by atoms with van der Waals surface area (Å²) in [6.07, 6.45) is -1.53. The second kappa shape index (κ2) is 32.5. The van der Waals surface area contributed by atoms with E-state index in [1.54, 1.807) is 20.8 Å². The molecule has 4 aliphatic carbocycles. The summed E-state index contributed by atoms with van der Waals surface area (Å²) in [4.78, 5) is 111. The summed E-state index contributed by atoms with van der Waals surface area (Å²) in [5, 5.41) is 19.5. The smallest absolute Gasteiger partial charge is 0.407 e. The van der Waals surface area contributed by atoms with E-state index in [1.165, 1.54) is 18.2 Å². The molecule has 7 amide bonds. The Bertz CT molecular complexity index is 4310. The molecular formula is C85H83N7O13. The third-order valence-corrected chi connectivity index (χ3v) is 19.5. The SMILES string of the molecule is CC(C)(C)OC(=O)CNC(=O)c1cc(NC(=O)[C@H](CCCCNC(=O)OCC2c3ccccc3-c3ccccc32)NC(=O)OCC2c3ccccc3-c3ccccc32)cc(NC(=O)[C@H](CCCCNC(=O)OCC2c3ccccc3-c3ccccc32)NC(=O)OCC2c3ccccc3-c3ccccc32)c1. The molecule has 0 bridgehead atoms. The molecule has 2 atom stereocenters. The third-order valence-electron chi connectivity index (χ3n) is 19.5. The van der Waals surface area contributed by atoms with Crippen molar-refractivity contribution in [1.82, 2.24) is 26.6 Å². The van der Waals surface area contributed by atoms with E-state index in [1.807, 2.05) is 170 Å². The minimum Gasteiger partial charge on any atom is -0.459 e. The van der Waals surface area contributed by atoms with Crippen LogP contribution >= 0.6 is 0 Å². The van der Waals surface area contributed by atoms with E-state index >= 15 is 0 Å². The van der Waals surface area contributed by atoms with Crippen molar-refractivity contribution in [3.8, 4) is 44.5 Å². The molecule has 9 aromatic rings. The average molecular weight is 1410 g/mol. The number of benzene rings is 9. The van der Waals surface area contributed by atoms with Gasteiger partial charge in [0.2, 0.25) is 11.8 Å². The lowest BCUT2D eigenvalue weighted by molar-refractivity contribution is -0.153. The van der Waals surface area contributed by atoms with Gasteiger partial charge in [0.05, 0.1) is 0 Å². The van der Waals surface area contributed by atoms with Gasteiger partial charge in [-0.15, -0.1) is 0 Å². The maximum Gasteiger partial charge on any atom is 0.407 e. The molecule has 0 saturated heterocycles. The molecule has 9 aromatic carbocycles. The number of esters is 1. The van der Waals surface area contributed by atoms with Crippen LogP contribution < -0.4 is 37.2 Å². The molecule has 0 spiro atoms. The highest BCUT2D eigenvalue weighted by Crippen LogP contribution is 2.48. The molecular weight excluding hydrogens is 1330 g/mol. The summed E-state index contributed by atoms with van der Waals surface area (Å²) in [6, 6.07) is 65.4. The Hall–Kier alpha value is -12.1. The maximum atomic E-state index is 14.9. The first kappa shape index (κ1) is 71.3. The van der Waals surface area contributed by atoms with Crippen molar-refractivity contribution in [2.75, 3.05) is 56.7 Å². The van der Waals surface area contributed by atoms with Crippen LogP contribution in [0.2, 0.25) is 0 Å². The number of anilines is 2. The molecule has 20 nitrogen and oxygen atoms in total. The number of unbranched alkanes of at least 4 members (excludes halogenated alkanes) is 2. The van der Waals surface area contributed by atoms with Crippen molar-refractivity contribution in [1.29, 1.82) is 0 Å². The zero-order chi connectivity index (χ0) is 73.0. The van der Waals surface area contributed by atoms with Crippen molar-refractivity contribution in [3.05, 3.63) is 262 Å². The molecule has 7 N–H and O–H groups in total. The number of carbonyl (C=O) groups excluding carboxylic acids is 8. The van der Waals surface area contributed by atoms with E-state index in [4.69, 9.17) is 23.7 Å². The van der Waals surface area contributed by atoms with Gasteiger partial charge in [-0.25, -0.2) is 19.2 Å². The zero-order valence-corrected chi connectivity index (χ0v) is 58.7. The number of ether oxygens (including phenoxy) is 5. The first-order valence-corrected chi connectivity index (χ1v) is 35.7. The third kappa shape index (κ3) is 16.9. The Kier molecular flexibility index (Phi) is 22.1. The summed E-state index contributed by atoms with van der Waals surface area (Å²) in [5.41, 5.74) is 15.8. The number of amides is 7. The summed E-state index contributed by atoms with van der Waals surface area (Å²) in [7, 11) is 0. The van der Waals surface area contributed by atoms with Crippen LogP contribution in [-0.2, 0) is 38.1 Å². The topological polar surface area (TPSA) is 267 Å². The van der Waals surface area contributed by atoms with Crippen LogP contribution in [0, 0.1) is 0 Å². The number of alkyl carbamates (subject to hydrolysis) is 4. The average Bonchev–Trinajstić information content (AvgIpc) is 1.64. The monoisotopic (exact) mass is 1410 g/mol. The Labute approximate surface area is 609 Å². The van der Waals surface area contributed by atoms with Crippen molar-refractivity contribution in [2.45, 2.75) is 101 Å². The lowest BCUT2D eigenvalue weighted by Crippen LogP contribution is -2.44. The van der Waals surface area contributed by atoms with Crippen LogP contribution in [0.15, 0.2) is 212 Å². The first-order valence-electron chi connectivity index (χ1n) is 35.7. The minimum absolute atomic E-state index is 0.00293. The Balaban J connectivity index is 0.703. The van der Waals surface area contributed by atoms with Crippen LogP contribution in [0.3, 0.4) is 0 Å². The van der Waals surface area contributed by atoms with Gasteiger partial charge in [-0.3, -0.25) is 19.2 Å². The Morgan fingerprint density at radius 1 is 0.352 bits per heavy atom. The number of carbonyl (C=O) groups is 8. The predicted octanol–water partition coefficient (Wildman–Crippen LogP) is 14.9. The van der Waals surface area contributed by atoms with Gasteiger partial charge in [-0.1, -0.05) is 194 Å². The lowest BCUT2D eigenvalue weighted by Gasteiger charge is -2.22. The number of nitrogens with one attached hydrogen (secondary N) is 7.